The summed E-state index contributed by atoms with van der Waals surface area (Å²) in [6.07, 6.45) is 0.890. The van der Waals surface area contributed by atoms with Gasteiger partial charge in [0, 0.05) is 24.2 Å². The molecule has 7 nitrogen and oxygen atoms in total. The van der Waals surface area contributed by atoms with Gasteiger partial charge in [-0.25, -0.2) is 18.0 Å². The van der Waals surface area contributed by atoms with Crippen LogP contribution in [0.2, 0.25) is 0 Å². The monoisotopic (exact) mass is 414 g/mol. The van der Waals surface area contributed by atoms with E-state index in [-0.39, 0.29) is 18.3 Å². The summed E-state index contributed by atoms with van der Waals surface area (Å²) in [6, 6.07) is 2.97. The first kappa shape index (κ1) is 22.5. The highest BCUT2D eigenvalue weighted by Crippen LogP contribution is 2.32. The lowest BCUT2D eigenvalue weighted by Crippen LogP contribution is -2.54. The van der Waals surface area contributed by atoms with Crippen molar-refractivity contribution in [2.45, 2.75) is 37.9 Å². The number of nitrogens with two attached hydrogens (primary N) is 1. The zero-order chi connectivity index (χ0) is 21.7. The van der Waals surface area contributed by atoms with E-state index >= 15 is 0 Å². The Balaban J connectivity index is 2.33. The van der Waals surface area contributed by atoms with Crippen molar-refractivity contribution in [3.63, 3.8) is 0 Å². The zero-order valence-electron chi connectivity index (χ0n) is 16.2. The molecule has 10 heteroatoms. The lowest BCUT2D eigenvalue weighted by Gasteiger charge is -2.36. The Bertz CT molecular complexity index is 773. The van der Waals surface area contributed by atoms with Gasteiger partial charge in [-0.1, -0.05) is 13.8 Å². The second-order valence-corrected chi connectivity index (χ2v) is 7.41. The van der Waals surface area contributed by atoms with Crippen molar-refractivity contribution < 1.29 is 27.8 Å². The number of aromatic nitrogens is 1. The second-order valence-electron chi connectivity index (χ2n) is 7.41. The number of nitrogens with one attached hydrogen (secondary N) is 2. The van der Waals surface area contributed by atoms with E-state index in [0.717, 1.165) is 12.3 Å². The molecule has 0 saturated heterocycles. The van der Waals surface area contributed by atoms with Gasteiger partial charge in [-0.2, -0.15) is 0 Å². The van der Waals surface area contributed by atoms with E-state index in [1.807, 2.05) is 13.8 Å². The molecule has 0 spiro atoms. The molecule has 1 aromatic rings. The fourth-order valence-electron chi connectivity index (χ4n) is 3.19. The SMILES string of the molecule is CC(C)CC(N)(CF)COC1=CNC(NC(=O)O)(c2ccncc2)C=C1C(F)F. The van der Waals surface area contributed by atoms with Crippen LogP contribution in [-0.4, -0.2) is 41.4 Å². The van der Waals surface area contributed by atoms with Gasteiger partial charge in [0.05, 0.1) is 11.1 Å². The van der Waals surface area contributed by atoms with Crippen LogP contribution in [0.25, 0.3) is 0 Å². The van der Waals surface area contributed by atoms with E-state index in [9.17, 15) is 23.1 Å². The summed E-state index contributed by atoms with van der Waals surface area (Å²) in [5, 5.41) is 14.2. The first-order valence-electron chi connectivity index (χ1n) is 8.99. The van der Waals surface area contributed by atoms with Crippen LogP contribution in [0.1, 0.15) is 25.8 Å². The quantitative estimate of drug-likeness (QED) is 0.495. The van der Waals surface area contributed by atoms with Crippen molar-refractivity contribution in [2.24, 2.45) is 11.7 Å². The van der Waals surface area contributed by atoms with Crippen LogP contribution < -0.4 is 16.4 Å². The Labute approximate surface area is 166 Å². The van der Waals surface area contributed by atoms with Gasteiger partial charge in [0.2, 0.25) is 0 Å². The summed E-state index contributed by atoms with van der Waals surface area (Å²) in [6.45, 7) is 2.54. The van der Waals surface area contributed by atoms with Gasteiger partial charge in [0.15, 0.2) is 5.66 Å². The van der Waals surface area contributed by atoms with Crippen LogP contribution in [-0.2, 0) is 10.4 Å². The molecule has 0 fully saturated rings. The van der Waals surface area contributed by atoms with Crippen LogP contribution in [0.15, 0.2) is 48.1 Å². The minimum Gasteiger partial charge on any atom is -0.490 e. The molecule has 0 bridgehead atoms. The lowest BCUT2D eigenvalue weighted by atomic mass is 9.91. The Morgan fingerprint density at radius 3 is 2.59 bits per heavy atom. The number of hydrogen-bond donors (Lipinski definition) is 4. The highest BCUT2D eigenvalue weighted by atomic mass is 19.3. The summed E-state index contributed by atoms with van der Waals surface area (Å²) in [5.41, 5.74) is 2.84. The summed E-state index contributed by atoms with van der Waals surface area (Å²) in [7, 11) is 0. The maximum Gasteiger partial charge on any atom is 0.407 e. The van der Waals surface area contributed by atoms with E-state index in [1.54, 1.807) is 0 Å². The standard InChI is InChI=1S/C19H25F3N4O3/c1-12(2)7-18(23,10-20)11-29-15-9-25-19(26-17(27)28,8-14(15)16(21)22)13-3-5-24-6-4-13/h3-6,8-9,12,16,25-26H,7,10-11,23H2,1-2H3,(H,27,28). The van der Waals surface area contributed by atoms with Gasteiger partial charge in [-0.15, -0.1) is 0 Å². The molecule has 0 aliphatic carbocycles. The van der Waals surface area contributed by atoms with E-state index in [2.05, 4.69) is 15.6 Å². The summed E-state index contributed by atoms with van der Waals surface area (Å²) >= 11 is 0. The van der Waals surface area contributed by atoms with Crippen LogP contribution in [0, 0.1) is 5.92 Å². The topological polar surface area (TPSA) is 110 Å². The molecule has 1 aliphatic rings. The number of ether oxygens (including phenoxy) is 1. The molecule has 5 N–H and O–H groups in total. The largest absolute Gasteiger partial charge is 0.490 e. The first-order chi connectivity index (χ1) is 13.6. The number of hydrogen-bond acceptors (Lipinski definition) is 5. The molecule has 0 saturated carbocycles. The molecular weight excluding hydrogens is 389 g/mol. The Morgan fingerprint density at radius 2 is 2.07 bits per heavy atom. The average Bonchev–Trinajstić information content (AvgIpc) is 2.66. The Morgan fingerprint density at radius 1 is 1.41 bits per heavy atom. The number of amides is 1. The van der Waals surface area contributed by atoms with Crippen LogP contribution in [0.4, 0.5) is 18.0 Å². The van der Waals surface area contributed by atoms with Crippen LogP contribution in [0.3, 0.4) is 0 Å². The summed E-state index contributed by atoms with van der Waals surface area (Å²) in [4.78, 5) is 15.2. The van der Waals surface area contributed by atoms with Gasteiger partial charge in [-0.3, -0.25) is 10.3 Å². The highest BCUT2D eigenvalue weighted by molar-refractivity contribution is 5.67. The number of allylic oxidation sites excluding steroid dienone is 1. The summed E-state index contributed by atoms with van der Waals surface area (Å²) in [5.74, 6) is -0.147. The predicted octanol–water partition coefficient (Wildman–Crippen LogP) is 2.87. The third-order valence-electron chi connectivity index (χ3n) is 4.36. The molecule has 29 heavy (non-hydrogen) atoms. The molecule has 1 aliphatic heterocycles. The number of halogens is 3. The first-order valence-corrected chi connectivity index (χ1v) is 8.99. The number of alkyl halides is 3. The molecule has 0 aromatic carbocycles. The van der Waals surface area contributed by atoms with Gasteiger partial charge in [0.1, 0.15) is 19.0 Å². The maximum atomic E-state index is 13.8. The number of nitrogens with zero attached hydrogens (tertiary/aromatic N) is 1. The summed E-state index contributed by atoms with van der Waals surface area (Å²) < 4.78 is 46.4. The number of rotatable bonds is 9. The normalized spacial score (nSPS) is 21.1. The smallest absolute Gasteiger partial charge is 0.407 e. The number of dihydropyridines is 1. The van der Waals surface area contributed by atoms with E-state index in [1.165, 1.54) is 24.5 Å². The molecule has 2 unspecified atom stereocenters. The maximum absolute atomic E-state index is 13.8. The zero-order valence-corrected chi connectivity index (χ0v) is 16.2. The minimum absolute atomic E-state index is 0.0852. The highest BCUT2D eigenvalue weighted by Gasteiger charge is 2.38. The molecule has 2 heterocycles. The van der Waals surface area contributed by atoms with Crippen molar-refractivity contribution in [3.8, 4) is 0 Å². The fourth-order valence-corrected chi connectivity index (χ4v) is 3.19. The number of carboxylic acid groups (broad SMARTS) is 1. The van der Waals surface area contributed by atoms with Crippen LogP contribution >= 0.6 is 0 Å². The fraction of sp³-hybridized carbons (Fsp3) is 0.474. The van der Waals surface area contributed by atoms with Gasteiger partial charge < -0.3 is 20.9 Å². The third kappa shape index (κ3) is 5.63. The minimum atomic E-state index is -2.97. The molecule has 2 rings (SSSR count). The van der Waals surface area contributed by atoms with Crippen molar-refractivity contribution in [1.29, 1.82) is 0 Å². The Hall–Kier alpha value is -2.75. The van der Waals surface area contributed by atoms with E-state index < -0.39 is 36.0 Å². The van der Waals surface area contributed by atoms with Crippen molar-refractivity contribution in [2.75, 3.05) is 13.3 Å². The predicted molar refractivity (Wildman–Crippen MR) is 101 cm³/mol. The molecular formula is C19H25F3N4O3. The van der Waals surface area contributed by atoms with Gasteiger partial charge >= 0.3 is 6.09 Å². The van der Waals surface area contributed by atoms with Gasteiger partial charge in [-0.05, 0) is 30.5 Å². The third-order valence-corrected chi connectivity index (χ3v) is 4.36. The molecule has 1 aromatic heterocycles. The Kier molecular flexibility index (Phi) is 7.12. The van der Waals surface area contributed by atoms with Crippen molar-refractivity contribution in [3.05, 3.63) is 53.7 Å². The second kappa shape index (κ2) is 9.17. The molecule has 0 radical (unpaired) electrons. The van der Waals surface area contributed by atoms with E-state index in [4.69, 9.17) is 10.5 Å². The van der Waals surface area contributed by atoms with E-state index in [0.29, 0.717) is 12.0 Å². The number of carbonyl (C=O) groups is 1. The van der Waals surface area contributed by atoms with Crippen molar-refractivity contribution in [1.82, 2.24) is 15.6 Å². The lowest BCUT2D eigenvalue weighted by molar-refractivity contribution is 0.0966. The number of pyridine rings is 1. The molecule has 2 atom stereocenters. The van der Waals surface area contributed by atoms with Crippen molar-refractivity contribution >= 4 is 6.09 Å². The molecule has 160 valence electrons. The molecule has 1 amide bonds. The van der Waals surface area contributed by atoms with Gasteiger partial charge in [0.25, 0.3) is 6.43 Å². The van der Waals surface area contributed by atoms with Crippen LogP contribution in [0.5, 0.6) is 0 Å². The average molecular weight is 414 g/mol.